The van der Waals surface area contributed by atoms with E-state index in [1.165, 1.54) is 24.9 Å². The zero-order valence-corrected chi connectivity index (χ0v) is 13.7. The van der Waals surface area contributed by atoms with Gasteiger partial charge in [0.1, 0.15) is 0 Å². The number of rotatable bonds is 7. The van der Waals surface area contributed by atoms with Crippen LogP contribution in [0.5, 0.6) is 11.5 Å². The molecule has 6 nitrogen and oxygen atoms in total. The molecule has 23 heavy (non-hydrogen) atoms. The second kappa shape index (κ2) is 7.91. The molecule has 1 heterocycles. The van der Waals surface area contributed by atoms with E-state index < -0.39 is 6.61 Å². The monoisotopic (exact) mass is 342 g/mol. The summed E-state index contributed by atoms with van der Waals surface area (Å²) in [5, 5.41) is 13.0. The Morgan fingerprint density at radius 2 is 2.13 bits per heavy atom. The lowest BCUT2D eigenvalue weighted by Gasteiger charge is -2.10. The minimum Gasteiger partial charge on any atom is -0.493 e. The van der Waals surface area contributed by atoms with E-state index in [9.17, 15) is 8.78 Å². The van der Waals surface area contributed by atoms with Gasteiger partial charge in [0.25, 0.3) is 0 Å². The molecule has 0 saturated carbocycles. The molecule has 0 radical (unpaired) electrons. The van der Waals surface area contributed by atoms with Gasteiger partial charge in [-0.25, -0.2) is 0 Å². The molecule has 2 rings (SSSR count). The zero-order valence-electron chi connectivity index (χ0n) is 12.9. The van der Waals surface area contributed by atoms with Gasteiger partial charge in [0.15, 0.2) is 17.3 Å². The van der Waals surface area contributed by atoms with Crippen LogP contribution in [-0.4, -0.2) is 40.6 Å². The fraction of sp³-hybridized carbons (Fsp3) is 0.357. The minimum absolute atomic E-state index is 0.0256. The number of hydrogen-bond acceptors (Lipinski definition) is 6. The molecular weight excluding hydrogens is 326 g/mol. The SMILES string of the molecule is CCSc1nnc(C)n1/N=C\c1ccc(OC(F)F)c(OC)c1. The first-order valence-electron chi connectivity index (χ1n) is 6.77. The molecule has 1 aromatic carbocycles. The first kappa shape index (κ1) is 17.2. The van der Waals surface area contributed by atoms with Gasteiger partial charge in [0.2, 0.25) is 5.16 Å². The molecule has 1 aromatic heterocycles. The molecule has 0 aliphatic rings. The highest BCUT2D eigenvalue weighted by Crippen LogP contribution is 2.29. The van der Waals surface area contributed by atoms with Crippen molar-refractivity contribution in [1.82, 2.24) is 14.9 Å². The van der Waals surface area contributed by atoms with E-state index in [2.05, 4.69) is 20.0 Å². The molecule has 0 fully saturated rings. The second-order valence-corrected chi connectivity index (χ2v) is 5.54. The fourth-order valence-electron chi connectivity index (χ4n) is 1.77. The normalized spacial score (nSPS) is 11.4. The number of methoxy groups -OCH3 is 1. The lowest BCUT2D eigenvalue weighted by Crippen LogP contribution is -2.04. The van der Waals surface area contributed by atoms with Crippen LogP contribution >= 0.6 is 11.8 Å². The molecule has 0 atom stereocenters. The van der Waals surface area contributed by atoms with E-state index in [4.69, 9.17) is 4.74 Å². The van der Waals surface area contributed by atoms with E-state index >= 15 is 0 Å². The lowest BCUT2D eigenvalue weighted by atomic mass is 10.2. The maximum atomic E-state index is 12.3. The maximum Gasteiger partial charge on any atom is 0.387 e. The lowest BCUT2D eigenvalue weighted by molar-refractivity contribution is -0.0512. The van der Waals surface area contributed by atoms with E-state index in [-0.39, 0.29) is 11.5 Å². The van der Waals surface area contributed by atoms with Crippen LogP contribution in [0, 0.1) is 6.92 Å². The quantitative estimate of drug-likeness (QED) is 0.571. The van der Waals surface area contributed by atoms with Gasteiger partial charge in [0, 0.05) is 0 Å². The third-order valence-corrected chi connectivity index (χ3v) is 3.57. The number of thioether (sulfide) groups is 1. The topological polar surface area (TPSA) is 61.5 Å². The Kier molecular flexibility index (Phi) is 5.91. The molecule has 0 aliphatic heterocycles. The van der Waals surface area contributed by atoms with Crippen LogP contribution in [0.15, 0.2) is 28.5 Å². The Labute approximate surface area is 136 Å². The van der Waals surface area contributed by atoms with Gasteiger partial charge in [-0.3, -0.25) is 0 Å². The van der Waals surface area contributed by atoms with Crippen LogP contribution in [0.4, 0.5) is 8.78 Å². The molecule has 0 unspecified atom stereocenters. The average Bonchev–Trinajstić information content (AvgIpc) is 2.86. The third-order valence-electron chi connectivity index (χ3n) is 2.77. The van der Waals surface area contributed by atoms with E-state index in [0.717, 1.165) is 5.75 Å². The van der Waals surface area contributed by atoms with Crippen LogP contribution in [0.2, 0.25) is 0 Å². The largest absolute Gasteiger partial charge is 0.493 e. The Bertz CT molecular complexity index is 691. The number of halogens is 2. The van der Waals surface area contributed by atoms with Gasteiger partial charge in [-0.05, 0) is 36.4 Å². The van der Waals surface area contributed by atoms with Crippen molar-refractivity contribution in [3.05, 3.63) is 29.6 Å². The predicted molar refractivity (Wildman–Crippen MR) is 83.8 cm³/mol. The summed E-state index contributed by atoms with van der Waals surface area (Å²) in [7, 11) is 1.38. The van der Waals surface area contributed by atoms with Crippen molar-refractivity contribution in [2.75, 3.05) is 12.9 Å². The molecule has 0 N–H and O–H groups in total. The minimum atomic E-state index is -2.91. The van der Waals surface area contributed by atoms with Crippen LogP contribution in [0.25, 0.3) is 0 Å². The first-order valence-corrected chi connectivity index (χ1v) is 7.75. The second-order valence-electron chi connectivity index (χ2n) is 4.31. The molecule has 0 aliphatic carbocycles. The van der Waals surface area contributed by atoms with E-state index in [1.54, 1.807) is 29.9 Å². The van der Waals surface area contributed by atoms with Gasteiger partial charge in [0.05, 0.1) is 13.3 Å². The number of hydrogen-bond donors (Lipinski definition) is 0. The van der Waals surface area contributed by atoms with Crippen LogP contribution in [-0.2, 0) is 0 Å². The molecule has 0 amide bonds. The number of alkyl halides is 2. The number of aromatic nitrogens is 3. The summed E-state index contributed by atoms with van der Waals surface area (Å²) in [5.41, 5.74) is 0.670. The van der Waals surface area contributed by atoms with Gasteiger partial charge in [-0.1, -0.05) is 18.7 Å². The van der Waals surface area contributed by atoms with Crippen molar-refractivity contribution in [1.29, 1.82) is 0 Å². The summed E-state index contributed by atoms with van der Waals surface area (Å²) in [5.74, 6) is 1.68. The Hall–Kier alpha value is -2.16. The van der Waals surface area contributed by atoms with E-state index in [1.807, 2.05) is 6.92 Å². The molecule has 0 spiro atoms. The summed E-state index contributed by atoms with van der Waals surface area (Å²) >= 11 is 1.52. The summed E-state index contributed by atoms with van der Waals surface area (Å²) in [4.78, 5) is 0. The third kappa shape index (κ3) is 4.41. The van der Waals surface area contributed by atoms with Crippen LogP contribution in [0.1, 0.15) is 18.3 Å². The Morgan fingerprint density at radius 3 is 2.78 bits per heavy atom. The summed E-state index contributed by atoms with van der Waals surface area (Å²) < 4.78 is 35.7. The van der Waals surface area contributed by atoms with Gasteiger partial charge in [-0.2, -0.15) is 18.6 Å². The fourth-order valence-corrected chi connectivity index (χ4v) is 2.43. The van der Waals surface area contributed by atoms with Crippen molar-refractivity contribution in [2.45, 2.75) is 25.6 Å². The Morgan fingerprint density at radius 1 is 1.35 bits per heavy atom. The molecule has 0 bridgehead atoms. The number of nitrogens with zero attached hydrogens (tertiary/aromatic N) is 4. The van der Waals surface area contributed by atoms with Gasteiger partial charge in [-0.15, -0.1) is 10.2 Å². The summed E-state index contributed by atoms with van der Waals surface area (Å²) in [6.45, 7) is 0.899. The summed E-state index contributed by atoms with van der Waals surface area (Å²) in [6, 6.07) is 4.58. The molecule has 2 aromatic rings. The standard InChI is InChI=1S/C14H16F2N4O2S/c1-4-23-14-19-18-9(2)20(14)17-8-10-5-6-11(22-13(15)16)12(7-10)21-3/h5-8,13H,4H2,1-3H3/b17-8-. The number of ether oxygens (including phenoxy) is 2. The summed E-state index contributed by atoms with van der Waals surface area (Å²) in [6.07, 6.45) is 1.57. The van der Waals surface area contributed by atoms with Gasteiger partial charge < -0.3 is 9.47 Å². The first-order chi connectivity index (χ1) is 11.0. The van der Waals surface area contributed by atoms with Crippen LogP contribution < -0.4 is 9.47 Å². The highest BCUT2D eigenvalue weighted by atomic mass is 32.2. The highest BCUT2D eigenvalue weighted by Gasteiger charge is 2.11. The van der Waals surface area contributed by atoms with Gasteiger partial charge >= 0.3 is 6.61 Å². The Balaban J connectivity index is 2.24. The van der Waals surface area contributed by atoms with Crippen LogP contribution in [0.3, 0.4) is 0 Å². The molecule has 124 valence electrons. The zero-order chi connectivity index (χ0) is 16.8. The van der Waals surface area contributed by atoms with E-state index in [0.29, 0.717) is 16.5 Å². The van der Waals surface area contributed by atoms with Crippen molar-refractivity contribution in [3.8, 4) is 11.5 Å². The van der Waals surface area contributed by atoms with Crippen molar-refractivity contribution >= 4 is 18.0 Å². The molecule has 0 saturated heterocycles. The highest BCUT2D eigenvalue weighted by molar-refractivity contribution is 7.99. The smallest absolute Gasteiger partial charge is 0.387 e. The van der Waals surface area contributed by atoms with Crippen molar-refractivity contribution in [2.24, 2.45) is 5.10 Å². The number of aryl methyl sites for hydroxylation is 1. The molecule has 9 heteroatoms. The molecular formula is C14H16F2N4O2S. The van der Waals surface area contributed by atoms with Crippen molar-refractivity contribution in [3.63, 3.8) is 0 Å². The van der Waals surface area contributed by atoms with Crippen molar-refractivity contribution < 1.29 is 18.3 Å². The number of benzene rings is 1. The average molecular weight is 342 g/mol. The predicted octanol–water partition coefficient (Wildman–Crippen LogP) is 3.19. The maximum absolute atomic E-state index is 12.3.